The minimum Gasteiger partial charge on any atom is -0.414 e. The van der Waals surface area contributed by atoms with E-state index in [4.69, 9.17) is 4.42 Å². The smallest absolute Gasteiger partial charge is 0.268 e. The van der Waals surface area contributed by atoms with E-state index in [1.807, 2.05) is 13.8 Å². The van der Waals surface area contributed by atoms with Gasteiger partial charge >= 0.3 is 0 Å². The lowest BCUT2D eigenvalue weighted by Gasteiger charge is -2.11. The number of nitrogens with zero attached hydrogens (tertiary/aromatic N) is 5. The highest BCUT2D eigenvalue weighted by molar-refractivity contribution is 5.61. The van der Waals surface area contributed by atoms with Crippen molar-refractivity contribution in [3.05, 3.63) is 70.7 Å². The SMILES string of the molecule is CNCc1ccc(-c2nnc(-c3cncc(-c4ccc(=O)n(C(C)C)c4)n3)o2)c(F)c1. The van der Waals surface area contributed by atoms with Crippen molar-refractivity contribution < 1.29 is 8.81 Å². The molecule has 3 aromatic heterocycles. The van der Waals surface area contributed by atoms with Gasteiger partial charge in [0.2, 0.25) is 0 Å². The third kappa shape index (κ3) is 4.26. The van der Waals surface area contributed by atoms with Crippen LogP contribution in [-0.2, 0) is 6.54 Å². The lowest BCUT2D eigenvalue weighted by Crippen LogP contribution is -2.20. The Bertz CT molecular complexity index is 1280. The standard InChI is InChI=1S/C22H21FN6O2/c1-13(2)29-12-15(5-7-20(29)30)18-10-25-11-19(26-18)22-28-27-21(31-22)16-6-4-14(9-24-3)8-17(16)23/h4-8,10-13,24H,9H2,1-3H3. The first kappa shape index (κ1) is 20.5. The van der Waals surface area contributed by atoms with Crippen molar-refractivity contribution >= 4 is 0 Å². The Morgan fingerprint density at radius 1 is 1.10 bits per heavy atom. The van der Waals surface area contributed by atoms with E-state index in [1.54, 1.807) is 42.2 Å². The van der Waals surface area contributed by atoms with Crippen molar-refractivity contribution in [1.82, 2.24) is 30.0 Å². The zero-order chi connectivity index (χ0) is 22.0. The number of hydrogen-bond acceptors (Lipinski definition) is 7. The summed E-state index contributed by atoms with van der Waals surface area (Å²) in [6.45, 7) is 4.41. The Labute approximate surface area is 177 Å². The van der Waals surface area contributed by atoms with Gasteiger partial charge in [-0.1, -0.05) is 6.07 Å². The summed E-state index contributed by atoms with van der Waals surface area (Å²) < 4.78 is 21.8. The summed E-state index contributed by atoms with van der Waals surface area (Å²) >= 11 is 0. The van der Waals surface area contributed by atoms with Crippen molar-refractivity contribution in [1.29, 1.82) is 0 Å². The molecule has 9 heteroatoms. The van der Waals surface area contributed by atoms with Crippen LogP contribution in [0.5, 0.6) is 0 Å². The van der Waals surface area contributed by atoms with Gasteiger partial charge in [0.05, 0.1) is 23.7 Å². The first-order chi connectivity index (χ1) is 15.0. The summed E-state index contributed by atoms with van der Waals surface area (Å²) in [4.78, 5) is 20.8. The van der Waals surface area contributed by atoms with Crippen LogP contribution < -0.4 is 10.9 Å². The highest BCUT2D eigenvalue weighted by atomic mass is 19.1. The molecule has 0 bridgehead atoms. The van der Waals surface area contributed by atoms with Crippen molar-refractivity contribution in [3.8, 4) is 34.3 Å². The monoisotopic (exact) mass is 420 g/mol. The van der Waals surface area contributed by atoms with Crippen molar-refractivity contribution in [2.75, 3.05) is 7.05 Å². The second kappa shape index (κ2) is 8.57. The van der Waals surface area contributed by atoms with E-state index < -0.39 is 5.82 Å². The van der Waals surface area contributed by atoms with Crippen LogP contribution in [0.1, 0.15) is 25.5 Å². The normalized spacial score (nSPS) is 11.3. The van der Waals surface area contributed by atoms with E-state index in [-0.39, 0.29) is 28.9 Å². The molecule has 0 amide bonds. The fraction of sp³-hybridized carbons (Fsp3) is 0.227. The molecule has 0 aliphatic carbocycles. The van der Waals surface area contributed by atoms with Gasteiger partial charge in [-0.2, -0.15) is 0 Å². The van der Waals surface area contributed by atoms with Gasteiger partial charge in [-0.25, -0.2) is 9.37 Å². The summed E-state index contributed by atoms with van der Waals surface area (Å²) in [6, 6.07) is 8.03. The average Bonchev–Trinajstić information content (AvgIpc) is 3.24. The highest BCUT2D eigenvalue weighted by Crippen LogP contribution is 2.26. The maximum atomic E-state index is 14.5. The van der Waals surface area contributed by atoms with Crippen LogP contribution in [0.3, 0.4) is 0 Å². The molecule has 0 spiro atoms. The molecule has 0 saturated heterocycles. The number of hydrogen-bond donors (Lipinski definition) is 1. The van der Waals surface area contributed by atoms with E-state index in [1.165, 1.54) is 18.3 Å². The molecule has 8 nitrogen and oxygen atoms in total. The summed E-state index contributed by atoms with van der Waals surface area (Å²) in [6.07, 6.45) is 4.82. The minimum atomic E-state index is -0.446. The van der Waals surface area contributed by atoms with Gasteiger partial charge in [0.25, 0.3) is 17.3 Å². The van der Waals surface area contributed by atoms with Gasteiger partial charge in [0.15, 0.2) is 0 Å². The number of nitrogens with one attached hydrogen (secondary N) is 1. The molecule has 4 aromatic rings. The van der Waals surface area contributed by atoms with Crippen LogP contribution in [0.15, 0.2) is 58.1 Å². The first-order valence-corrected chi connectivity index (χ1v) is 9.78. The Kier molecular flexibility index (Phi) is 5.68. The Hall–Kier alpha value is -3.72. The van der Waals surface area contributed by atoms with Crippen molar-refractivity contribution in [2.45, 2.75) is 26.4 Å². The summed E-state index contributed by atoms with van der Waals surface area (Å²) in [7, 11) is 1.79. The summed E-state index contributed by atoms with van der Waals surface area (Å²) in [5.74, 6) is -0.261. The maximum absolute atomic E-state index is 14.5. The Balaban J connectivity index is 1.66. The third-order valence-corrected chi connectivity index (χ3v) is 4.71. The molecule has 0 radical (unpaired) electrons. The van der Waals surface area contributed by atoms with Gasteiger partial charge in [-0.3, -0.25) is 9.78 Å². The van der Waals surface area contributed by atoms with Crippen LogP contribution >= 0.6 is 0 Å². The van der Waals surface area contributed by atoms with Crippen LogP contribution in [-0.4, -0.2) is 31.8 Å². The average molecular weight is 420 g/mol. The number of aromatic nitrogens is 5. The van der Waals surface area contributed by atoms with Gasteiger partial charge < -0.3 is 14.3 Å². The molecule has 1 aromatic carbocycles. The Morgan fingerprint density at radius 2 is 1.87 bits per heavy atom. The topological polar surface area (TPSA) is 98.7 Å². The van der Waals surface area contributed by atoms with Crippen LogP contribution in [0.25, 0.3) is 34.3 Å². The molecule has 0 aliphatic heterocycles. The highest BCUT2D eigenvalue weighted by Gasteiger charge is 2.16. The number of halogens is 1. The maximum Gasteiger partial charge on any atom is 0.268 e. The lowest BCUT2D eigenvalue weighted by molar-refractivity contribution is 0.567. The quantitative estimate of drug-likeness (QED) is 0.510. The molecular weight excluding hydrogens is 399 g/mol. The summed E-state index contributed by atoms with van der Waals surface area (Å²) in [5.41, 5.74) is 2.57. The van der Waals surface area contributed by atoms with Crippen molar-refractivity contribution in [2.24, 2.45) is 0 Å². The molecule has 3 heterocycles. The molecule has 1 N–H and O–H groups in total. The van der Waals surface area contributed by atoms with Gasteiger partial charge in [0.1, 0.15) is 11.5 Å². The fourth-order valence-electron chi connectivity index (χ4n) is 3.15. The third-order valence-electron chi connectivity index (χ3n) is 4.71. The molecule has 0 atom stereocenters. The van der Waals surface area contributed by atoms with Gasteiger partial charge in [-0.05, 0) is 44.7 Å². The zero-order valence-corrected chi connectivity index (χ0v) is 17.3. The Morgan fingerprint density at radius 3 is 2.61 bits per heavy atom. The van der Waals surface area contributed by atoms with Crippen molar-refractivity contribution in [3.63, 3.8) is 0 Å². The molecular formula is C22H21FN6O2. The molecule has 0 aliphatic rings. The predicted octanol–water partition coefficient (Wildman–Crippen LogP) is 3.46. The van der Waals surface area contributed by atoms with E-state index in [9.17, 15) is 9.18 Å². The zero-order valence-electron chi connectivity index (χ0n) is 17.3. The molecule has 4 rings (SSSR count). The van der Waals surface area contributed by atoms with Gasteiger partial charge in [0, 0.05) is 30.4 Å². The number of pyridine rings is 1. The lowest BCUT2D eigenvalue weighted by atomic mass is 10.1. The van der Waals surface area contributed by atoms with Crippen LogP contribution in [0.4, 0.5) is 4.39 Å². The van der Waals surface area contributed by atoms with Gasteiger partial charge in [-0.15, -0.1) is 10.2 Å². The molecule has 0 saturated carbocycles. The van der Waals surface area contributed by atoms with E-state index in [2.05, 4.69) is 25.5 Å². The molecule has 31 heavy (non-hydrogen) atoms. The second-order valence-electron chi connectivity index (χ2n) is 7.30. The second-order valence-corrected chi connectivity index (χ2v) is 7.30. The number of rotatable bonds is 6. The number of benzene rings is 1. The molecule has 0 unspecified atom stereocenters. The first-order valence-electron chi connectivity index (χ1n) is 9.78. The largest absolute Gasteiger partial charge is 0.414 e. The molecule has 158 valence electrons. The van der Waals surface area contributed by atoms with E-state index >= 15 is 0 Å². The molecule has 0 fully saturated rings. The summed E-state index contributed by atoms with van der Waals surface area (Å²) in [5, 5.41) is 10.9. The predicted molar refractivity (Wildman–Crippen MR) is 114 cm³/mol. The fourth-order valence-corrected chi connectivity index (χ4v) is 3.15. The van der Waals surface area contributed by atoms with Crippen LogP contribution in [0.2, 0.25) is 0 Å². The van der Waals surface area contributed by atoms with E-state index in [0.29, 0.717) is 17.9 Å². The minimum absolute atomic E-state index is 0.0106. The van der Waals surface area contributed by atoms with E-state index in [0.717, 1.165) is 11.1 Å². The van der Waals surface area contributed by atoms with Crippen LogP contribution in [0, 0.1) is 5.82 Å².